The Kier molecular flexibility index (Phi) is 6.90. The van der Waals surface area contributed by atoms with Gasteiger partial charge in [0.05, 0.1) is 4.90 Å². The third-order valence-electron chi connectivity index (χ3n) is 2.71. The van der Waals surface area contributed by atoms with Gasteiger partial charge in [0.2, 0.25) is 10.0 Å². The van der Waals surface area contributed by atoms with Crippen LogP contribution in [0.15, 0.2) is 29.2 Å². The molecule has 1 aromatic carbocycles. The minimum absolute atomic E-state index is 0.134. The lowest BCUT2D eigenvalue weighted by Gasteiger charge is -2.16. The average Bonchev–Trinajstić information content (AvgIpc) is 2.42. The number of thiocarbonyl (C=S) groups is 1. The van der Waals surface area contributed by atoms with Crippen LogP contribution >= 0.6 is 24.2 Å². The Labute approximate surface area is 130 Å². The maximum absolute atomic E-state index is 11.1. The standard InChI is InChI=1S/C12H19N3O2S3/c1-3-15(2)12(18)19-14-9-8-10-4-6-11(7-5-10)20(13,16)17/h4-7,14H,3,8-9H2,1-2H3,(H2,13,16,17). The topological polar surface area (TPSA) is 75.4 Å². The van der Waals surface area contributed by atoms with Gasteiger partial charge in [0.15, 0.2) is 4.32 Å². The molecular weight excluding hydrogens is 314 g/mol. The van der Waals surface area contributed by atoms with Gasteiger partial charge in [0.1, 0.15) is 0 Å². The first-order valence-corrected chi connectivity index (χ1v) is 8.88. The minimum Gasteiger partial charge on any atom is -0.360 e. The quantitative estimate of drug-likeness (QED) is 0.465. The van der Waals surface area contributed by atoms with Crippen LogP contribution in [0.3, 0.4) is 0 Å². The van der Waals surface area contributed by atoms with E-state index in [1.807, 2.05) is 18.9 Å². The summed E-state index contributed by atoms with van der Waals surface area (Å²) in [6, 6.07) is 6.58. The number of primary sulfonamides is 1. The van der Waals surface area contributed by atoms with E-state index in [4.69, 9.17) is 17.4 Å². The fourth-order valence-corrected chi connectivity index (χ4v) is 2.79. The van der Waals surface area contributed by atoms with E-state index in [0.29, 0.717) is 0 Å². The summed E-state index contributed by atoms with van der Waals surface area (Å²) in [6.07, 6.45) is 0.788. The summed E-state index contributed by atoms with van der Waals surface area (Å²) < 4.78 is 26.2. The summed E-state index contributed by atoms with van der Waals surface area (Å²) in [5, 5.41) is 5.04. The number of hydrogen-bond acceptors (Lipinski definition) is 5. The van der Waals surface area contributed by atoms with Crippen LogP contribution in [-0.2, 0) is 16.4 Å². The van der Waals surface area contributed by atoms with Crippen LogP contribution in [0.4, 0.5) is 0 Å². The van der Waals surface area contributed by atoms with Gasteiger partial charge in [-0.05, 0) is 43.0 Å². The van der Waals surface area contributed by atoms with E-state index < -0.39 is 10.0 Å². The molecule has 0 bridgehead atoms. The van der Waals surface area contributed by atoms with Crippen molar-refractivity contribution in [2.75, 3.05) is 20.1 Å². The van der Waals surface area contributed by atoms with Crippen molar-refractivity contribution in [3.8, 4) is 0 Å². The first-order chi connectivity index (χ1) is 9.34. The van der Waals surface area contributed by atoms with E-state index in [1.165, 1.54) is 24.1 Å². The van der Waals surface area contributed by atoms with Crippen molar-refractivity contribution in [1.82, 2.24) is 9.62 Å². The van der Waals surface area contributed by atoms with Crippen LogP contribution in [0.25, 0.3) is 0 Å². The normalized spacial score (nSPS) is 11.3. The molecule has 0 aliphatic carbocycles. The molecule has 0 aliphatic rings. The summed E-state index contributed by atoms with van der Waals surface area (Å²) in [6.45, 7) is 3.67. The second kappa shape index (κ2) is 7.94. The molecular formula is C12H19N3O2S3. The zero-order chi connectivity index (χ0) is 15.2. The highest BCUT2D eigenvalue weighted by Crippen LogP contribution is 2.09. The van der Waals surface area contributed by atoms with Gasteiger partial charge in [-0.3, -0.25) is 4.72 Å². The molecule has 0 saturated carbocycles. The number of sulfonamides is 1. The molecule has 0 unspecified atom stereocenters. The Morgan fingerprint density at radius 2 is 2.00 bits per heavy atom. The highest BCUT2D eigenvalue weighted by Gasteiger charge is 2.06. The monoisotopic (exact) mass is 333 g/mol. The number of hydrogen-bond donors (Lipinski definition) is 2. The van der Waals surface area contributed by atoms with Crippen LogP contribution in [0.2, 0.25) is 0 Å². The van der Waals surface area contributed by atoms with Gasteiger partial charge in [0.25, 0.3) is 0 Å². The number of nitrogens with one attached hydrogen (secondary N) is 1. The van der Waals surface area contributed by atoms with E-state index in [9.17, 15) is 8.42 Å². The Bertz CT molecular complexity index is 544. The molecule has 8 heteroatoms. The molecule has 0 spiro atoms. The SMILES string of the molecule is CCN(C)C(=S)SNCCc1ccc(S(N)(=O)=O)cc1. The van der Waals surface area contributed by atoms with Crippen LogP contribution < -0.4 is 9.86 Å². The molecule has 1 rings (SSSR count). The molecule has 5 nitrogen and oxygen atoms in total. The first-order valence-electron chi connectivity index (χ1n) is 6.11. The molecule has 0 amide bonds. The number of nitrogens with two attached hydrogens (primary N) is 1. The van der Waals surface area contributed by atoms with Gasteiger partial charge in [-0.15, -0.1) is 0 Å². The largest absolute Gasteiger partial charge is 0.360 e. The average molecular weight is 334 g/mol. The number of benzene rings is 1. The zero-order valence-electron chi connectivity index (χ0n) is 11.5. The second-order valence-electron chi connectivity index (χ2n) is 4.22. The van der Waals surface area contributed by atoms with Crippen molar-refractivity contribution in [2.24, 2.45) is 5.14 Å². The molecule has 0 aromatic heterocycles. The Morgan fingerprint density at radius 3 is 2.50 bits per heavy atom. The van der Waals surface area contributed by atoms with Crippen LogP contribution in [0.5, 0.6) is 0 Å². The van der Waals surface area contributed by atoms with Crippen molar-refractivity contribution in [3.05, 3.63) is 29.8 Å². The van der Waals surface area contributed by atoms with Gasteiger partial charge >= 0.3 is 0 Å². The van der Waals surface area contributed by atoms with E-state index in [-0.39, 0.29) is 4.90 Å². The summed E-state index contributed by atoms with van der Waals surface area (Å²) in [4.78, 5) is 2.11. The molecule has 3 N–H and O–H groups in total. The van der Waals surface area contributed by atoms with Crippen molar-refractivity contribution in [1.29, 1.82) is 0 Å². The van der Waals surface area contributed by atoms with Crippen molar-refractivity contribution < 1.29 is 8.42 Å². The van der Waals surface area contributed by atoms with Crippen LogP contribution in [0, 0.1) is 0 Å². The molecule has 0 saturated heterocycles. The second-order valence-corrected chi connectivity index (χ2v) is 7.30. The van der Waals surface area contributed by atoms with Crippen LogP contribution in [0.1, 0.15) is 12.5 Å². The first kappa shape index (κ1) is 17.4. The highest BCUT2D eigenvalue weighted by molar-refractivity contribution is 8.21. The lowest BCUT2D eigenvalue weighted by atomic mass is 10.2. The third kappa shape index (κ3) is 5.76. The number of rotatable bonds is 6. The molecule has 0 aliphatic heterocycles. The van der Waals surface area contributed by atoms with Crippen LogP contribution in [-0.4, -0.2) is 37.8 Å². The summed E-state index contributed by atoms with van der Waals surface area (Å²) >= 11 is 6.64. The molecule has 20 heavy (non-hydrogen) atoms. The third-order valence-corrected chi connectivity index (χ3v) is 5.04. The van der Waals surface area contributed by atoms with E-state index in [0.717, 1.165) is 29.4 Å². The summed E-state index contributed by atoms with van der Waals surface area (Å²) in [7, 11) is -1.66. The predicted octanol–water partition coefficient (Wildman–Crippen LogP) is 1.35. The molecule has 1 aromatic rings. The van der Waals surface area contributed by atoms with E-state index in [1.54, 1.807) is 12.1 Å². The van der Waals surface area contributed by atoms with E-state index >= 15 is 0 Å². The molecule has 112 valence electrons. The smallest absolute Gasteiger partial charge is 0.238 e. The lowest BCUT2D eigenvalue weighted by Crippen LogP contribution is -2.25. The summed E-state index contributed by atoms with van der Waals surface area (Å²) in [5.41, 5.74) is 1.04. The maximum atomic E-state index is 11.1. The molecule has 0 heterocycles. The van der Waals surface area contributed by atoms with Gasteiger partial charge in [-0.1, -0.05) is 24.4 Å². The minimum atomic E-state index is -3.61. The van der Waals surface area contributed by atoms with Gasteiger partial charge < -0.3 is 4.90 Å². The van der Waals surface area contributed by atoms with E-state index in [2.05, 4.69) is 4.72 Å². The Balaban J connectivity index is 2.38. The van der Waals surface area contributed by atoms with Crippen molar-refractivity contribution in [2.45, 2.75) is 18.2 Å². The molecule has 0 atom stereocenters. The van der Waals surface area contributed by atoms with Gasteiger partial charge in [-0.25, -0.2) is 13.6 Å². The molecule has 0 radical (unpaired) electrons. The van der Waals surface area contributed by atoms with Crippen molar-refractivity contribution >= 4 is 38.5 Å². The summed E-state index contributed by atoms with van der Waals surface area (Å²) in [5.74, 6) is 0. The Morgan fingerprint density at radius 1 is 1.40 bits per heavy atom. The fraction of sp³-hybridized carbons (Fsp3) is 0.417. The highest BCUT2D eigenvalue weighted by atomic mass is 32.2. The van der Waals surface area contributed by atoms with Gasteiger partial charge in [-0.2, -0.15) is 0 Å². The molecule has 0 fully saturated rings. The fourth-order valence-electron chi connectivity index (χ4n) is 1.36. The maximum Gasteiger partial charge on any atom is 0.238 e. The van der Waals surface area contributed by atoms with Crippen molar-refractivity contribution in [3.63, 3.8) is 0 Å². The Hall–Kier alpha value is -0.670. The zero-order valence-corrected chi connectivity index (χ0v) is 13.9. The number of nitrogens with zero attached hydrogens (tertiary/aromatic N) is 1. The van der Waals surface area contributed by atoms with Gasteiger partial charge in [0, 0.05) is 20.1 Å². The predicted molar refractivity (Wildman–Crippen MR) is 88.0 cm³/mol. The lowest BCUT2D eigenvalue weighted by molar-refractivity contribution is 0.555.